The minimum absolute atomic E-state index is 0.0752. The molecule has 130 valence electrons. The van der Waals surface area contributed by atoms with E-state index in [2.05, 4.69) is 20.8 Å². The number of ether oxygens (including phenoxy) is 2. The van der Waals surface area contributed by atoms with Gasteiger partial charge in [-0.1, -0.05) is 20.8 Å². The average Bonchev–Trinajstić information content (AvgIpc) is 3.16. The van der Waals surface area contributed by atoms with Crippen molar-refractivity contribution in [3.05, 3.63) is 11.1 Å². The van der Waals surface area contributed by atoms with Crippen LogP contribution in [0.15, 0.2) is 11.1 Å². The van der Waals surface area contributed by atoms with Crippen LogP contribution in [0.3, 0.4) is 0 Å². The molecule has 0 aromatic heterocycles. The first-order chi connectivity index (χ1) is 11.2. The van der Waals surface area contributed by atoms with Crippen molar-refractivity contribution >= 4 is 11.8 Å². The zero-order valence-electron chi connectivity index (χ0n) is 15.0. The molecule has 5 rings (SSSR count). The molecule has 5 aliphatic rings. The lowest BCUT2D eigenvalue weighted by Crippen LogP contribution is -2.59. The smallest absolute Gasteiger partial charge is 0.334 e. The monoisotopic (exact) mass is 330 g/mol. The van der Waals surface area contributed by atoms with Crippen LogP contribution in [0.2, 0.25) is 0 Å². The fraction of sp³-hybridized carbons (Fsp3) is 0.800. The Morgan fingerprint density at radius 1 is 1.08 bits per heavy atom. The maximum atomic E-state index is 12.5. The van der Waals surface area contributed by atoms with Crippen LogP contribution >= 0.6 is 0 Å². The van der Waals surface area contributed by atoms with Crippen LogP contribution in [0, 0.1) is 22.7 Å². The number of hydrogen-bond acceptors (Lipinski definition) is 4. The number of esters is 1. The number of fused-ring (bicyclic) bond motifs is 4. The lowest BCUT2D eigenvalue weighted by molar-refractivity contribution is -0.157. The topological polar surface area (TPSA) is 55.9 Å². The van der Waals surface area contributed by atoms with E-state index in [0.717, 1.165) is 36.8 Å². The Morgan fingerprint density at radius 3 is 2.58 bits per heavy atom. The van der Waals surface area contributed by atoms with Gasteiger partial charge in [0.1, 0.15) is 23.6 Å². The second-order valence-corrected chi connectivity index (χ2v) is 9.46. The third kappa shape index (κ3) is 1.50. The summed E-state index contributed by atoms with van der Waals surface area (Å²) in [5.74, 6) is 1.03. The Kier molecular flexibility index (Phi) is 2.61. The van der Waals surface area contributed by atoms with Crippen molar-refractivity contribution in [2.75, 3.05) is 0 Å². The number of ketones is 1. The molecule has 4 heteroatoms. The zero-order valence-corrected chi connectivity index (χ0v) is 15.0. The molecule has 0 bridgehead atoms. The molecule has 6 unspecified atom stereocenters. The first kappa shape index (κ1) is 15.1. The number of carbonyl (C=O) groups excluding carboxylic acids is 2. The van der Waals surface area contributed by atoms with E-state index in [9.17, 15) is 9.59 Å². The molecule has 6 atom stereocenters. The summed E-state index contributed by atoms with van der Waals surface area (Å²) in [6, 6.07) is 0. The highest BCUT2D eigenvalue weighted by molar-refractivity contribution is 5.92. The highest BCUT2D eigenvalue weighted by atomic mass is 16.6. The molecule has 3 saturated carbocycles. The zero-order chi connectivity index (χ0) is 17.1. The number of Topliss-reactive ketones (excluding diaryl/α,β-unsaturated/α-hetero) is 1. The van der Waals surface area contributed by atoms with Crippen LogP contribution in [0.5, 0.6) is 0 Å². The first-order valence-electron chi connectivity index (χ1n) is 9.34. The number of epoxide rings is 1. The summed E-state index contributed by atoms with van der Waals surface area (Å²) in [6.45, 7) is 8.51. The summed E-state index contributed by atoms with van der Waals surface area (Å²) in [5, 5.41) is 0. The minimum atomic E-state index is -0.253. The van der Waals surface area contributed by atoms with Crippen molar-refractivity contribution in [1.29, 1.82) is 0 Å². The molecule has 0 aromatic carbocycles. The Morgan fingerprint density at radius 2 is 1.83 bits per heavy atom. The third-order valence-corrected chi connectivity index (χ3v) is 8.28. The summed E-state index contributed by atoms with van der Waals surface area (Å²) in [7, 11) is 0. The first-order valence-corrected chi connectivity index (χ1v) is 9.34. The Bertz CT molecular complexity index is 704. The molecule has 24 heavy (non-hydrogen) atoms. The summed E-state index contributed by atoms with van der Waals surface area (Å²) < 4.78 is 12.0. The average molecular weight is 330 g/mol. The summed E-state index contributed by atoms with van der Waals surface area (Å²) in [4.78, 5) is 24.6. The second-order valence-electron chi connectivity index (χ2n) is 9.46. The van der Waals surface area contributed by atoms with Crippen LogP contribution in [-0.2, 0) is 19.1 Å². The molecule has 3 aliphatic carbocycles. The maximum Gasteiger partial charge on any atom is 0.334 e. The molecule has 0 aromatic rings. The maximum absolute atomic E-state index is 12.5. The van der Waals surface area contributed by atoms with Crippen molar-refractivity contribution in [2.45, 2.75) is 77.6 Å². The summed E-state index contributed by atoms with van der Waals surface area (Å²) in [6.07, 6.45) is 4.52. The SMILES string of the molecule is CC1=C2C(CC3C4(C)CCC(=O)C(C)(C)C4CCC34OC24)OC1=O. The van der Waals surface area contributed by atoms with Gasteiger partial charge < -0.3 is 9.47 Å². The quantitative estimate of drug-likeness (QED) is 0.505. The predicted octanol–water partition coefficient (Wildman–Crippen LogP) is 3.19. The van der Waals surface area contributed by atoms with E-state index in [-0.39, 0.29) is 34.6 Å². The second kappa shape index (κ2) is 4.14. The largest absolute Gasteiger partial charge is 0.454 e. The fourth-order valence-corrected chi connectivity index (χ4v) is 6.94. The van der Waals surface area contributed by atoms with E-state index in [1.165, 1.54) is 0 Å². The molecule has 2 aliphatic heterocycles. The lowest BCUT2D eigenvalue weighted by Gasteiger charge is -2.59. The summed E-state index contributed by atoms with van der Waals surface area (Å²) >= 11 is 0. The molecular weight excluding hydrogens is 304 g/mol. The van der Waals surface area contributed by atoms with E-state index < -0.39 is 0 Å². The Balaban J connectivity index is 1.57. The van der Waals surface area contributed by atoms with Crippen LogP contribution in [-0.4, -0.2) is 29.6 Å². The van der Waals surface area contributed by atoms with Crippen LogP contribution in [0.4, 0.5) is 0 Å². The van der Waals surface area contributed by atoms with Crippen molar-refractivity contribution in [2.24, 2.45) is 22.7 Å². The van der Waals surface area contributed by atoms with E-state index in [4.69, 9.17) is 9.47 Å². The fourth-order valence-electron chi connectivity index (χ4n) is 6.94. The van der Waals surface area contributed by atoms with Gasteiger partial charge in [-0.15, -0.1) is 0 Å². The number of carbonyl (C=O) groups is 2. The van der Waals surface area contributed by atoms with Gasteiger partial charge >= 0.3 is 5.97 Å². The van der Waals surface area contributed by atoms with E-state index in [0.29, 0.717) is 24.0 Å². The minimum Gasteiger partial charge on any atom is -0.454 e. The van der Waals surface area contributed by atoms with Gasteiger partial charge in [-0.25, -0.2) is 4.79 Å². The lowest BCUT2D eigenvalue weighted by atomic mass is 9.44. The van der Waals surface area contributed by atoms with Gasteiger partial charge in [0, 0.05) is 28.9 Å². The van der Waals surface area contributed by atoms with Gasteiger partial charge in [-0.05, 0) is 43.9 Å². The normalized spacial score (nSPS) is 51.3. The summed E-state index contributed by atoms with van der Waals surface area (Å²) in [5.41, 5.74) is 1.63. The molecule has 0 radical (unpaired) electrons. The van der Waals surface area contributed by atoms with Crippen molar-refractivity contribution in [3.63, 3.8) is 0 Å². The van der Waals surface area contributed by atoms with Crippen molar-refractivity contribution < 1.29 is 19.1 Å². The van der Waals surface area contributed by atoms with Crippen molar-refractivity contribution in [1.82, 2.24) is 0 Å². The Labute approximate surface area is 143 Å². The van der Waals surface area contributed by atoms with Crippen molar-refractivity contribution in [3.8, 4) is 0 Å². The van der Waals surface area contributed by atoms with E-state index >= 15 is 0 Å². The van der Waals surface area contributed by atoms with Gasteiger partial charge in [0.15, 0.2) is 0 Å². The van der Waals surface area contributed by atoms with Gasteiger partial charge in [0.05, 0.1) is 0 Å². The van der Waals surface area contributed by atoms with Gasteiger partial charge in [-0.2, -0.15) is 0 Å². The molecular formula is C20H26O4. The highest BCUT2D eigenvalue weighted by Crippen LogP contribution is 2.71. The van der Waals surface area contributed by atoms with Gasteiger partial charge in [-0.3, -0.25) is 4.79 Å². The number of hydrogen-bond donors (Lipinski definition) is 0. The Hall–Kier alpha value is -1.16. The molecule has 1 saturated heterocycles. The standard InChI is InChI=1S/C20H26O4/c1-10-15-11(23-17(10)22)9-13-19(4)7-6-14(21)18(2,3)12(19)5-8-20(13)16(15)24-20/h11-13,16H,5-9H2,1-4H3. The van der Waals surface area contributed by atoms with Gasteiger partial charge in [0.25, 0.3) is 0 Å². The van der Waals surface area contributed by atoms with E-state index in [1.54, 1.807) is 0 Å². The molecule has 4 fully saturated rings. The molecule has 1 spiro atoms. The van der Waals surface area contributed by atoms with Crippen LogP contribution in [0.1, 0.15) is 59.8 Å². The van der Waals surface area contributed by atoms with Crippen LogP contribution < -0.4 is 0 Å². The number of rotatable bonds is 0. The van der Waals surface area contributed by atoms with Gasteiger partial charge in [0.2, 0.25) is 0 Å². The predicted molar refractivity (Wildman–Crippen MR) is 87.1 cm³/mol. The van der Waals surface area contributed by atoms with E-state index in [1.807, 2.05) is 6.92 Å². The van der Waals surface area contributed by atoms with Crippen LogP contribution in [0.25, 0.3) is 0 Å². The molecule has 2 heterocycles. The third-order valence-electron chi connectivity index (χ3n) is 8.28. The molecule has 4 nitrogen and oxygen atoms in total. The molecule has 0 amide bonds. The highest BCUT2D eigenvalue weighted by Gasteiger charge is 2.75. The molecule has 0 N–H and O–H groups in total.